The monoisotopic (exact) mass is 448 g/mol. The van der Waals surface area contributed by atoms with Crippen LogP contribution in [0, 0.1) is 6.92 Å². The Balaban J connectivity index is 1.34. The second kappa shape index (κ2) is 10.8. The first-order valence-electron chi connectivity index (χ1n) is 10.1. The minimum absolute atomic E-state index is 0.0252. The van der Waals surface area contributed by atoms with Crippen LogP contribution in [0.15, 0.2) is 53.4 Å². The Morgan fingerprint density at radius 3 is 2.40 bits per heavy atom. The van der Waals surface area contributed by atoms with E-state index in [1.54, 1.807) is 36.0 Å². The number of hydrogen-bond donors (Lipinski definition) is 1. The quantitative estimate of drug-likeness (QED) is 0.565. The van der Waals surface area contributed by atoms with Gasteiger partial charge in [0.1, 0.15) is 12.4 Å². The summed E-state index contributed by atoms with van der Waals surface area (Å²) in [6, 6.07) is 14.8. The highest BCUT2D eigenvalue weighted by atomic mass is 32.2. The molecule has 1 aliphatic rings. The fourth-order valence-electron chi connectivity index (χ4n) is 3.14. The van der Waals surface area contributed by atoms with Gasteiger partial charge in [-0.2, -0.15) is 4.31 Å². The van der Waals surface area contributed by atoms with E-state index in [-0.39, 0.29) is 10.8 Å². The number of benzene rings is 2. The van der Waals surface area contributed by atoms with Crippen LogP contribution in [0.4, 0.5) is 0 Å². The van der Waals surface area contributed by atoms with Crippen LogP contribution in [0.25, 0.3) is 0 Å². The van der Waals surface area contributed by atoms with Crippen LogP contribution in [0.5, 0.6) is 5.75 Å². The predicted octanol–water partition coefficient (Wildman–Crippen LogP) is 3.21. The molecule has 0 unspecified atom stereocenters. The molecule has 1 saturated heterocycles. The Hall–Kier alpha value is -2.03. The molecule has 0 atom stereocenters. The van der Waals surface area contributed by atoms with Crippen molar-refractivity contribution in [3.63, 3.8) is 0 Å². The van der Waals surface area contributed by atoms with Crippen LogP contribution < -0.4 is 10.1 Å². The van der Waals surface area contributed by atoms with Crippen molar-refractivity contribution in [2.45, 2.75) is 30.4 Å². The van der Waals surface area contributed by atoms with Crippen molar-refractivity contribution in [3.05, 3.63) is 59.7 Å². The molecule has 162 valence electrons. The van der Waals surface area contributed by atoms with Crippen LogP contribution >= 0.6 is 11.8 Å². The molecular formula is C22H28N2O4S2. The van der Waals surface area contributed by atoms with Gasteiger partial charge in [-0.25, -0.2) is 8.42 Å². The molecule has 0 aliphatic carbocycles. The van der Waals surface area contributed by atoms with Gasteiger partial charge in [-0.15, -0.1) is 11.8 Å². The second-order valence-corrected chi connectivity index (χ2v) is 10.2. The van der Waals surface area contributed by atoms with Gasteiger partial charge in [-0.05, 0) is 49.6 Å². The number of aryl methyl sites for hydroxylation is 1. The van der Waals surface area contributed by atoms with E-state index in [0.717, 1.165) is 18.6 Å². The van der Waals surface area contributed by atoms with E-state index < -0.39 is 10.0 Å². The van der Waals surface area contributed by atoms with E-state index in [1.807, 2.05) is 0 Å². The number of nitrogens with one attached hydrogen (secondary N) is 1. The standard InChI is InChI=1S/C22H28N2O4S2/c1-18-4-6-19(7-5-18)16-29-17-22(25)23-12-15-28-20-8-10-21(11-9-20)30(26,27)24-13-2-3-14-24/h4-11H,2-3,12-17H2,1H3,(H,23,25). The molecule has 2 aromatic carbocycles. The number of carbonyl (C=O) groups excluding carboxylic acids is 1. The molecule has 1 fully saturated rings. The lowest BCUT2D eigenvalue weighted by atomic mass is 10.2. The molecule has 0 spiro atoms. The molecule has 1 N–H and O–H groups in total. The highest BCUT2D eigenvalue weighted by molar-refractivity contribution is 7.99. The molecule has 1 amide bonds. The highest BCUT2D eigenvalue weighted by Crippen LogP contribution is 2.22. The van der Waals surface area contributed by atoms with Crippen molar-refractivity contribution < 1.29 is 17.9 Å². The fourth-order valence-corrected chi connectivity index (χ4v) is 5.48. The molecule has 1 heterocycles. The number of rotatable bonds is 10. The van der Waals surface area contributed by atoms with Crippen molar-refractivity contribution in [2.24, 2.45) is 0 Å². The summed E-state index contributed by atoms with van der Waals surface area (Å²) < 4.78 is 32.1. The van der Waals surface area contributed by atoms with Crippen molar-refractivity contribution in [1.29, 1.82) is 0 Å². The molecule has 30 heavy (non-hydrogen) atoms. The van der Waals surface area contributed by atoms with E-state index in [2.05, 4.69) is 36.5 Å². The summed E-state index contributed by atoms with van der Waals surface area (Å²) in [4.78, 5) is 12.2. The van der Waals surface area contributed by atoms with Crippen LogP contribution in [-0.2, 0) is 20.6 Å². The smallest absolute Gasteiger partial charge is 0.243 e. The number of hydrogen-bond acceptors (Lipinski definition) is 5. The molecular weight excluding hydrogens is 420 g/mol. The molecule has 0 aromatic heterocycles. The SMILES string of the molecule is Cc1ccc(CSCC(=O)NCCOc2ccc(S(=O)(=O)N3CCCC3)cc2)cc1. The van der Waals surface area contributed by atoms with Crippen LogP contribution in [0.3, 0.4) is 0 Å². The maximum Gasteiger partial charge on any atom is 0.243 e. The first-order valence-corrected chi connectivity index (χ1v) is 12.7. The lowest BCUT2D eigenvalue weighted by Crippen LogP contribution is -2.29. The maximum atomic E-state index is 12.5. The summed E-state index contributed by atoms with van der Waals surface area (Å²) in [5, 5.41) is 2.83. The molecule has 0 bridgehead atoms. The second-order valence-electron chi connectivity index (χ2n) is 7.26. The number of amides is 1. The number of ether oxygens (including phenoxy) is 1. The first kappa shape index (κ1) is 22.7. The average Bonchev–Trinajstić information content (AvgIpc) is 3.29. The van der Waals surface area contributed by atoms with Crippen molar-refractivity contribution in [1.82, 2.24) is 9.62 Å². The van der Waals surface area contributed by atoms with Gasteiger partial charge in [-0.3, -0.25) is 4.79 Å². The Kier molecular flexibility index (Phi) is 8.18. The summed E-state index contributed by atoms with van der Waals surface area (Å²) in [6.45, 7) is 3.95. The molecule has 1 aliphatic heterocycles. The zero-order valence-electron chi connectivity index (χ0n) is 17.2. The van der Waals surface area contributed by atoms with Crippen LogP contribution in [0.1, 0.15) is 24.0 Å². The van der Waals surface area contributed by atoms with Crippen LogP contribution in [0.2, 0.25) is 0 Å². The van der Waals surface area contributed by atoms with Crippen molar-refractivity contribution in [2.75, 3.05) is 32.0 Å². The lowest BCUT2D eigenvalue weighted by molar-refractivity contribution is -0.118. The van der Waals surface area contributed by atoms with Gasteiger partial charge < -0.3 is 10.1 Å². The van der Waals surface area contributed by atoms with Crippen molar-refractivity contribution in [3.8, 4) is 5.75 Å². The molecule has 3 rings (SSSR count). The third-order valence-corrected chi connectivity index (χ3v) is 7.76. The third kappa shape index (κ3) is 6.48. The fraction of sp³-hybridized carbons (Fsp3) is 0.409. The number of thioether (sulfide) groups is 1. The van der Waals surface area contributed by atoms with E-state index in [0.29, 0.717) is 37.7 Å². The van der Waals surface area contributed by atoms with Gasteiger partial charge in [0.15, 0.2) is 0 Å². The summed E-state index contributed by atoms with van der Waals surface area (Å²) in [7, 11) is -3.40. The molecule has 0 radical (unpaired) electrons. The largest absolute Gasteiger partial charge is 0.492 e. The van der Waals surface area contributed by atoms with Crippen molar-refractivity contribution >= 4 is 27.7 Å². The molecule has 6 nitrogen and oxygen atoms in total. The summed E-state index contributed by atoms with van der Waals surface area (Å²) in [5.74, 6) is 1.76. The van der Waals surface area contributed by atoms with Gasteiger partial charge in [0.2, 0.25) is 15.9 Å². The molecule has 2 aromatic rings. The summed E-state index contributed by atoms with van der Waals surface area (Å²) in [5.41, 5.74) is 2.43. The minimum Gasteiger partial charge on any atom is -0.492 e. The van der Waals surface area contributed by atoms with E-state index >= 15 is 0 Å². The average molecular weight is 449 g/mol. The maximum absolute atomic E-state index is 12.5. The van der Waals surface area contributed by atoms with Gasteiger partial charge in [-0.1, -0.05) is 29.8 Å². The highest BCUT2D eigenvalue weighted by Gasteiger charge is 2.26. The zero-order chi connectivity index (χ0) is 21.4. The Morgan fingerprint density at radius 2 is 1.73 bits per heavy atom. The Morgan fingerprint density at radius 1 is 1.07 bits per heavy atom. The minimum atomic E-state index is -3.40. The van der Waals surface area contributed by atoms with Gasteiger partial charge in [0.25, 0.3) is 0 Å². The predicted molar refractivity (Wildman–Crippen MR) is 120 cm³/mol. The van der Waals surface area contributed by atoms with Gasteiger partial charge in [0, 0.05) is 18.8 Å². The lowest BCUT2D eigenvalue weighted by Gasteiger charge is -2.15. The molecule has 8 heteroatoms. The van der Waals surface area contributed by atoms with Gasteiger partial charge in [0.05, 0.1) is 17.2 Å². The van der Waals surface area contributed by atoms with Gasteiger partial charge >= 0.3 is 0 Å². The Labute approximate surface area is 183 Å². The van der Waals surface area contributed by atoms with E-state index in [1.165, 1.54) is 15.4 Å². The topological polar surface area (TPSA) is 75.7 Å². The Bertz CT molecular complexity index is 923. The number of carbonyl (C=O) groups is 1. The number of nitrogens with zero attached hydrogens (tertiary/aromatic N) is 1. The third-order valence-electron chi connectivity index (χ3n) is 4.84. The summed E-state index contributed by atoms with van der Waals surface area (Å²) in [6.07, 6.45) is 1.83. The first-order chi connectivity index (χ1) is 14.4. The normalized spacial score (nSPS) is 14.6. The summed E-state index contributed by atoms with van der Waals surface area (Å²) >= 11 is 1.58. The van der Waals surface area contributed by atoms with Crippen LogP contribution in [-0.4, -0.2) is 50.6 Å². The number of sulfonamides is 1. The zero-order valence-corrected chi connectivity index (χ0v) is 18.8. The van der Waals surface area contributed by atoms with E-state index in [9.17, 15) is 13.2 Å². The molecule has 0 saturated carbocycles. The van der Waals surface area contributed by atoms with E-state index in [4.69, 9.17) is 4.74 Å².